The Labute approximate surface area is 166 Å². The van der Waals surface area contributed by atoms with Crippen LogP contribution in [0.1, 0.15) is 18.9 Å². The van der Waals surface area contributed by atoms with Crippen LogP contribution in [0.5, 0.6) is 0 Å². The Balaban J connectivity index is 2.12. The topological polar surface area (TPSA) is 58.4 Å². The van der Waals surface area contributed by atoms with Crippen molar-refractivity contribution >= 4 is 33.8 Å². The Bertz CT molecular complexity index is 848. The summed E-state index contributed by atoms with van der Waals surface area (Å²) in [6, 6.07) is 4.63. The lowest BCUT2D eigenvalue weighted by Gasteiger charge is -2.22. The van der Waals surface area contributed by atoms with Crippen molar-refractivity contribution in [1.29, 1.82) is 0 Å². The van der Waals surface area contributed by atoms with Gasteiger partial charge in [0.1, 0.15) is 11.5 Å². The average molecular weight is 437 g/mol. The highest BCUT2D eigenvalue weighted by molar-refractivity contribution is 9.10. The first-order valence-electron chi connectivity index (χ1n) is 8.49. The number of hydrogen-bond acceptors (Lipinski definition) is 3. The van der Waals surface area contributed by atoms with Gasteiger partial charge in [-0.3, -0.25) is 9.59 Å². The van der Waals surface area contributed by atoms with E-state index in [1.165, 1.54) is 32.7 Å². The molecule has 8 heteroatoms. The van der Waals surface area contributed by atoms with Crippen LogP contribution in [0.25, 0.3) is 11.8 Å². The molecular formula is C19H22BrFN4O2. The van der Waals surface area contributed by atoms with Crippen LogP contribution >= 0.6 is 15.9 Å². The van der Waals surface area contributed by atoms with Gasteiger partial charge in [-0.15, -0.1) is 0 Å². The number of carbonyl (C=O) groups is 2. The Morgan fingerprint density at radius 3 is 2.63 bits per heavy atom. The van der Waals surface area contributed by atoms with E-state index < -0.39 is 5.82 Å². The number of likely N-dealkylation sites (N-methyl/N-ethyl adjacent to an activating group) is 1. The van der Waals surface area contributed by atoms with Crippen LogP contribution in [0.4, 0.5) is 4.39 Å². The molecule has 0 unspecified atom stereocenters. The summed E-state index contributed by atoms with van der Waals surface area (Å²) in [5, 5.41) is 4.05. The number of amides is 2. The molecule has 1 aromatic heterocycles. The molecule has 0 aliphatic heterocycles. The second-order valence-corrected chi connectivity index (χ2v) is 7.11. The Morgan fingerprint density at radius 2 is 2.07 bits per heavy atom. The van der Waals surface area contributed by atoms with E-state index in [4.69, 9.17) is 0 Å². The molecular weight excluding hydrogens is 415 g/mol. The summed E-state index contributed by atoms with van der Waals surface area (Å²) in [7, 11) is 3.30. The standard InChI is InChI=1S/C19H22BrFN4O2/c1-4-9-24(13-19(27)23(2)3)18(26)8-6-14-5-7-17(16(21)10-14)25-12-15(20)11-22-25/h5-8,10-12H,4,9,13H2,1-3H3/b8-6+. The number of nitrogens with zero attached hydrogens (tertiary/aromatic N) is 4. The highest BCUT2D eigenvalue weighted by Crippen LogP contribution is 2.18. The maximum Gasteiger partial charge on any atom is 0.247 e. The summed E-state index contributed by atoms with van der Waals surface area (Å²) >= 11 is 3.28. The molecule has 0 saturated heterocycles. The molecule has 0 bridgehead atoms. The Hall–Kier alpha value is -2.48. The molecule has 0 atom stereocenters. The van der Waals surface area contributed by atoms with E-state index in [0.29, 0.717) is 17.8 Å². The van der Waals surface area contributed by atoms with Gasteiger partial charge in [0.05, 0.1) is 17.2 Å². The Morgan fingerprint density at radius 1 is 1.33 bits per heavy atom. The monoisotopic (exact) mass is 436 g/mol. The van der Waals surface area contributed by atoms with Gasteiger partial charge in [0, 0.05) is 32.9 Å². The van der Waals surface area contributed by atoms with E-state index in [0.717, 1.165) is 10.9 Å². The molecule has 1 heterocycles. The molecule has 0 aliphatic rings. The predicted molar refractivity (Wildman–Crippen MR) is 106 cm³/mol. The lowest BCUT2D eigenvalue weighted by atomic mass is 10.1. The summed E-state index contributed by atoms with van der Waals surface area (Å²) in [6.07, 6.45) is 6.86. The zero-order chi connectivity index (χ0) is 20.0. The molecule has 2 amide bonds. The van der Waals surface area contributed by atoms with Crippen LogP contribution < -0.4 is 0 Å². The minimum absolute atomic E-state index is 0.0193. The second-order valence-electron chi connectivity index (χ2n) is 6.20. The number of aromatic nitrogens is 2. The van der Waals surface area contributed by atoms with Gasteiger partial charge in [0.15, 0.2) is 0 Å². The minimum atomic E-state index is -0.451. The third kappa shape index (κ3) is 5.75. The molecule has 6 nitrogen and oxygen atoms in total. The van der Waals surface area contributed by atoms with Gasteiger partial charge < -0.3 is 9.80 Å². The van der Waals surface area contributed by atoms with Crippen molar-refractivity contribution in [2.75, 3.05) is 27.2 Å². The van der Waals surface area contributed by atoms with Crippen LogP contribution in [-0.2, 0) is 9.59 Å². The molecule has 1 aromatic carbocycles. The number of carbonyl (C=O) groups excluding carboxylic acids is 2. The molecule has 0 aliphatic carbocycles. The van der Waals surface area contributed by atoms with E-state index in [1.807, 2.05) is 6.92 Å². The van der Waals surface area contributed by atoms with Gasteiger partial charge >= 0.3 is 0 Å². The third-order valence-electron chi connectivity index (χ3n) is 3.82. The lowest BCUT2D eigenvalue weighted by Crippen LogP contribution is -2.39. The molecule has 0 fully saturated rings. The van der Waals surface area contributed by atoms with Crippen LogP contribution in [0, 0.1) is 5.82 Å². The summed E-state index contributed by atoms with van der Waals surface area (Å²) in [4.78, 5) is 27.2. The second kappa shape index (κ2) is 9.45. The molecule has 27 heavy (non-hydrogen) atoms. The smallest absolute Gasteiger partial charge is 0.247 e. The van der Waals surface area contributed by atoms with Crippen LogP contribution in [0.2, 0.25) is 0 Å². The van der Waals surface area contributed by atoms with Crippen molar-refractivity contribution in [1.82, 2.24) is 19.6 Å². The first-order valence-corrected chi connectivity index (χ1v) is 9.28. The molecule has 0 spiro atoms. The summed E-state index contributed by atoms with van der Waals surface area (Å²) < 4.78 is 16.5. The van der Waals surface area contributed by atoms with E-state index in [1.54, 1.807) is 38.6 Å². The molecule has 0 N–H and O–H groups in total. The van der Waals surface area contributed by atoms with Gasteiger partial charge in [-0.1, -0.05) is 13.0 Å². The van der Waals surface area contributed by atoms with Gasteiger partial charge in [-0.2, -0.15) is 5.10 Å². The number of hydrogen-bond donors (Lipinski definition) is 0. The van der Waals surface area contributed by atoms with Crippen LogP contribution in [-0.4, -0.2) is 58.6 Å². The van der Waals surface area contributed by atoms with Crippen LogP contribution in [0.15, 0.2) is 41.1 Å². The molecule has 144 valence electrons. The number of rotatable bonds is 7. The summed E-state index contributed by atoms with van der Waals surface area (Å²) in [6.45, 7) is 2.43. The highest BCUT2D eigenvalue weighted by atomic mass is 79.9. The zero-order valence-electron chi connectivity index (χ0n) is 15.5. The molecule has 0 radical (unpaired) electrons. The Kier molecular flexibility index (Phi) is 7.29. The quantitative estimate of drug-likeness (QED) is 0.626. The average Bonchev–Trinajstić information content (AvgIpc) is 3.05. The summed E-state index contributed by atoms with van der Waals surface area (Å²) in [5.74, 6) is -0.882. The van der Waals surface area contributed by atoms with Gasteiger partial charge in [0.25, 0.3) is 0 Å². The largest absolute Gasteiger partial charge is 0.347 e. The predicted octanol–water partition coefficient (Wildman–Crippen LogP) is 3.11. The fourth-order valence-electron chi connectivity index (χ4n) is 2.36. The van der Waals surface area contributed by atoms with Gasteiger partial charge in [-0.05, 0) is 46.1 Å². The van der Waals surface area contributed by atoms with E-state index in [9.17, 15) is 14.0 Å². The maximum atomic E-state index is 14.4. The van der Waals surface area contributed by atoms with Gasteiger partial charge in [-0.25, -0.2) is 9.07 Å². The van der Waals surface area contributed by atoms with Crippen molar-refractivity contribution < 1.29 is 14.0 Å². The fraction of sp³-hybridized carbons (Fsp3) is 0.316. The molecule has 2 aromatic rings. The number of benzene rings is 1. The minimum Gasteiger partial charge on any atom is -0.347 e. The van der Waals surface area contributed by atoms with Crippen molar-refractivity contribution in [2.24, 2.45) is 0 Å². The normalized spacial score (nSPS) is 11.0. The van der Waals surface area contributed by atoms with Crippen molar-refractivity contribution in [3.8, 4) is 5.69 Å². The first-order chi connectivity index (χ1) is 12.8. The van der Waals surface area contributed by atoms with Gasteiger partial charge in [0.2, 0.25) is 11.8 Å². The summed E-state index contributed by atoms with van der Waals surface area (Å²) in [5.41, 5.74) is 0.861. The number of halogens is 2. The maximum absolute atomic E-state index is 14.4. The lowest BCUT2D eigenvalue weighted by molar-refractivity contribution is -0.136. The van der Waals surface area contributed by atoms with Crippen molar-refractivity contribution in [3.05, 3.63) is 52.5 Å². The highest BCUT2D eigenvalue weighted by Gasteiger charge is 2.15. The van der Waals surface area contributed by atoms with E-state index >= 15 is 0 Å². The zero-order valence-corrected chi connectivity index (χ0v) is 17.1. The van der Waals surface area contributed by atoms with Crippen molar-refractivity contribution in [2.45, 2.75) is 13.3 Å². The van der Waals surface area contributed by atoms with Crippen molar-refractivity contribution in [3.63, 3.8) is 0 Å². The van der Waals surface area contributed by atoms with E-state index in [2.05, 4.69) is 21.0 Å². The SMILES string of the molecule is CCCN(CC(=O)N(C)C)C(=O)/C=C/c1ccc(-n2cc(Br)cn2)c(F)c1. The molecule has 2 rings (SSSR count). The van der Waals surface area contributed by atoms with E-state index in [-0.39, 0.29) is 18.4 Å². The first kappa shape index (κ1) is 20.8. The fourth-order valence-corrected chi connectivity index (χ4v) is 2.65. The molecule has 0 saturated carbocycles. The third-order valence-corrected chi connectivity index (χ3v) is 4.23. The van der Waals surface area contributed by atoms with Crippen LogP contribution in [0.3, 0.4) is 0 Å².